The average Bonchev–Trinajstić information content (AvgIpc) is 1.82. The summed E-state index contributed by atoms with van der Waals surface area (Å²) in [4.78, 5) is 21.0. The minimum Gasteiger partial charge on any atom is -0.392 e. The fourth-order valence-electron chi connectivity index (χ4n) is 0.621. The van der Waals surface area contributed by atoms with E-state index < -0.39 is 22.7 Å². The van der Waals surface area contributed by atoms with Crippen LogP contribution < -0.4 is 0 Å². The van der Waals surface area contributed by atoms with Gasteiger partial charge in [-0.1, -0.05) is 0 Å². The van der Waals surface area contributed by atoms with Crippen LogP contribution >= 0.6 is 23.2 Å². The maximum Gasteiger partial charge on any atom is 0.333 e. The van der Waals surface area contributed by atoms with E-state index in [9.17, 15) is 9.59 Å². The fraction of sp³-hybridized carbons (Fsp3) is 0.600. The number of alkyl halides is 2. The van der Waals surface area contributed by atoms with Crippen molar-refractivity contribution in [2.45, 2.75) is 17.2 Å². The van der Waals surface area contributed by atoms with Gasteiger partial charge in [-0.25, -0.2) is 4.79 Å². The second-order valence-electron chi connectivity index (χ2n) is 1.91. The molecule has 0 radical (unpaired) electrons. The normalized spacial score (nSPS) is 33.8. The van der Waals surface area contributed by atoms with Gasteiger partial charge in [-0.15, -0.1) is 23.2 Å². The molecule has 10 heavy (non-hydrogen) atoms. The second-order valence-corrected chi connectivity index (χ2v) is 2.95. The summed E-state index contributed by atoms with van der Waals surface area (Å²) in [6, 6.07) is 0. The van der Waals surface area contributed by atoms with Crippen LogP contribution in [-0.2, 0) is 14.3 Å². The van der Waals surface area contributed by atoms with Crippen LogP contribution in [-0.4, -0.2) is 22.7 Å². The summed E-state index contributed by atoms with van der Waals surface area (Å²) in [5, 5.41) is -1.52. The van der Waals surface area contributed by atoms with E-state index in [1.807, 2.05) is 0 Å². The van der Waals surface area contributed by atoms with Gasteiger partial charge in [0.1, 0.15) is 5.38 Å². The quantitative estimate of drug-likeness (QED) is 0.315. The highest BCUT2D eigenvalue weighted by atomic mass is 35.5. The molecule has 1 fully saturated rings. The van der Waals surface area contributed by atoms with Gasteiger partial charge in [-0.3, -0.25) is 4.79 Å². The molecule has 1 saturated heterocycles. The Labute approximate surface area is 67.2 Å². The molecule has 1 heterocycles. The minimum atomic E-state index is -0.889. The predicted octanol–water partition coefficient (Wildman–Crippen LogP) is 0.675. The van der Waals surface area contributed by atoms with Crippen LogP contribution in [0.3, 0.4) is 0 Å². The van der Waals surface area contributed by atoms with Crippen molar-refractivity contribution >= 4 is 35.1 Å². The van der Waals surface area contributed by atoms with E-state index >= 15 is 0 Å². The van der Waals surface area contributed by atoms with Gasteiger partial charge in [-0.05, 0) is 0 Å². The third-order valence-corrected chi connectivity index (χ3v) is 2.14. The standard InChI is InChI=1S/C5H4Cl2O3/c6-2-1-3(8)10-5(9)4(2)7/h2,4H,1H2. The van der Waals surface area contributed by atoms with Crippen LogP contribution in [0.1, 0.15) is 6.42 Å². The number of hydrogen-bond acceptors (Lipinski definition) is 3. The summed E-state index contributed by atoms with van der Waals surface area (Å²) < 4.78 is 4.17. The fourth-order valence-corrected chi connectivity index (χ4v) is 0.983. The third-order valence-electron chi connectivity index (χ3n) is 1.12. The Morgan fingerprint density at radius 2 is 2.00 bits per heavy atom. The molecule has 3 nitrogen and oxygen atoms in total. The number of carbonyl (C=O) groups is 2. The molecule has 1 rings (SSSR count). The molecule has 0 aliphatic carbocycles. The molecule has 0 aromatic rings. The Balaban J connectivity index is 2.66. The van der Waals surface area contributed by atoms with Crippen LogP contribution in [0.4, 0.5) is 0 Å². The van der Waals surface area contributed by atoms with Crippen LogP contribution in [0.5, 0.6) is 0 Å². The predicted molar refractivity (Wildman–Crippen MR) is 35.0 cm³/mol. The van der Waals surface area contributed by atoms with Crippen LogP contribution in [0, 0.1) is 0 Å². The van der Waals surface area contributed by atoms with Gasteiger partial charge in [-0.2, -0.15) is 0 Å². The van der Waals surface area contributed by atoms with Crippen LogP contribution in [0.2, 0.25) is 0 Å². The van der Waals surface area contributed by atoms with Crippen LogP contribution in [0.25, 0.3) is 0 Å². The lowest BCUT2D eigenvalue weighted by molar-refractivity contribution is -0.162. The minimum absolute atomic E-state index is 0.00145. The number of halogens is 2. The zero-order valence-corrected chi connectivity index (χ0v) is 6.35. The molecule has 0 N–H and O–H groups in total. The van der Waals surface area contributed by atoms with E-state index in [0.717, 1.165) is 0 Å². The van der Waals surface area contributed by atoms with E-state index in [4.69, 9.17) is 23.2 Å². The van der Waals surface area contributed by atoms with Gasteiger partial charge in [0, 0.05) is 0 Å². The van der Waals surface area contributed by atoms with Gasteiger partial charge in [0.15, 0.2) is 0 Å². The molecule has 56 valence electrons. The Bertz CT molecular complexity index is 180. The van der Waals surface area contributed by atoms with Gasteiger partial charge < -0.3 is 4.74 Å². The number of hydrogen-bond donors (Lipinski definition) is 0. The number of esters is 2. The molecule has 0 saturated carbocycles. The van der Waals surface area contributed by atoms with Crippen molar-refractivity contribution in [1.82, 2.24) is 0 Å². The van der Waals surface area contributed by atoms with Gasteiger partial charge in [0.25, 0.3) is 0 Å². The first kappa shape index (κ1) is 7.82. The lowest BCUT2D eigenvalue weighted by atomic mass is 10.2. The topological polar surface area (TPSA) is 43.4 Å². The summed E-state index contributed by atoms with van der Waals surface area (Å²) in [6.45, 7) is 0. The van der Waals surface area contributed by atoms with Crippen molar-refractivity contribution in [2.75, 3.05) is 0 Å². The van der Waals surface area contributed by atoms with Crippen molar-refractivity contribution in [1.29, 1.82) is 0 Å². The summed E-state index contributed by atoms with van der Waals surface area (Å²) in [5.74, 6) is -1.36. The van der Waals surface area contributed by atoms with Crippen molar-refractivity contribution in [2.24, 2.45) is 0 Å². The first-order valence-electron chi connectivity index (χ1n) is 2.64. The van der Waals surface area contributed by atoms with E-state index in [-0.39, 0.29) is 6.42 Å². The van der Waals surface area contributed by atoms with Crippen molar-refractivity contribution in [3.63, 3.8) is 0 Å². The van der Waals surface area contributed by atoms with E-state index in [1.165, 1.54) is 0 Å². The molecule has 1 aliphatic rings. The van der Waals surface area contributed by atoms with E-state index in [2.05, 4.69) is 4.74 Å². The molecule has 0 aromatic heterocycles. The second kappa shape index (κ2) is 2.76. The van der Waals surface area contributed by atoms with Gasteiger partial charge in [0.2, 0.25) is 0 Å². The van der Waals surface area contributed by atoms with Gasteiger partial charge >= 0.3 is 11.9 Å². The average molecular weight is 183 g/mol. The molecule has 5 heteroatoms. The first-order chi connectivity index (χ1) is 4.61. The SMILES string of the molecule is O=C1CC(Cl)C(Cl)C(=O)O1. The number of ether oxygens (including phenoxy) is 1. The molecular weight excluding hydrogens is 179 g/mol. The highest BCUT2D eigenvalue weighted by Crippen LogP contribution is 2.20. The molecule has 1 aliphatic heterocycles. The Kier molecular flexibility index (Phi) is 2.16. The molecular formula is C5H4Cl2O3. The summed E-state index contributed by atoms with van der Waals surface area (Å²) in [7, 11) is 0. The maximum absolute atomic E-state index is 10.6. The summed E-state index contributed by atoms with van der Waals surface area (Å²) >= 11 is 10.9. The smallest absolute Gasteiger partial charge is 0.333 e. The molecule has 2 unspecified atom stereocenters. The Hall–Kier alpha value is -0.280. The van der Waals surface area contributed by atoms with Crippen molar-refractivity contribution < 1.29 is 14.3 Å². The Morgan fingerprint density at radius 1 is 1.40 bits per heavy atom. The van der Waals surface area contributed by atoms with E-state index in [0.29, 0.717) is 0 Å². The lowest BCUT2D eigenvalue weighted by Crippen LogP contribution is -2.36. The van der Waals surface area contributed by atoms with Gasteiger partial charge in [0.05, 0.1) is 11.8 Å². The summed E-state index contributed by atoms with van der Waals surface area (Å²) in [5.41, 5.74) is 0. The lowest BCUT2D eigenvalue weighted by Gasteiger charge is -2.18. The van der Waals surface area contributed by atoms with E-state index in [1.54, 1.807) is 0 Å². The zero-order valence-electron chi connectivity index (χ0n) is 4.84. The first-order valence-corrected chi connectivity index (χ1v) is 3.51. The van der Waals surface area contributed by atoms with Crippen LogP contribution in [0.15, 0.2) is 0 Å². The highest BCUT2D eigenvalue weighted by Gasteiger charge is 2.35. The number of carbonyl (C=O) groups excluding carboxylic acids is 2. The number of cyclic esters (lactones) is 2. The molecule has 0 spiro atoms. The van der Waals surface area contributed by atoms with Crippen molar-refractivity contribution in [3.8, 4) is 0 Å². The summed E-state index contributed by atoms with van der Waals surface area (Å²) in [6.07, 6.45) is 0.00145. The molecule has 2 atom stereocenters. The Morgan fingerprint density at radius 3 is 2.50 bits per heavy atom. The third kappa shape index (κ3) is 1.41. The number of rotatable bonds is 0. The largest absolute Gasteiger partial charge is 0.392 e. The molecule has 0 amide bonds. The highest BCUT2D eigenvalue weighted by molar-refractivity contribution is 6.38. The van der Waals surface area contributed by atoms with Crippen molar-refractivity contribution in [3.05, 3.63) is 0 Å². The molecule has 0 bridgehead atoms. The monoisotopic (exact) mass is 182 g/mol. The zero-order chi connectivity index (χ0) is 7.72. The molecule has 0 aromatic carbocycles. The maximum atomic E-state index is 10.6.